The van der Waals surface area contributed by atoms with Gasteiger partial charge in [-0.2, -0.15) is 13.2 Å². The van der Waals surface area contributed by atoms with Crippen LogP contribution in [0.1, 0.15) is 18.1 Å². The maximum Gasteiger partial charge on any atom is 0.416 e. The Bertz CT molecular complexity index is 724. The van der Waals surface area contributed by atoms with Crippen LogP contribution in [0, 0.1) is 6.92 Å². The maximum absolute atomic E-state index is 12.5. The molecular weight excluding hydrogens is 325 g/mol. The number of hydrogen-bond donors (Lipinski definition) is 1. The lowest BCUT2D eigenvalue weighted by molar-refractivity contribution is -0.144. The standard InChI is InChI=1S/C17H15F3O4/c1-10-7-14(23-11(2)16(21)22)9-15(8-10)24-13-5-3-12(4-6-13)17(18,19)20/h3-9,11H,1-2H3,(H,21,22). The van der Waals surface area contributed by atoms with E-state index in [1.807, 2.05) is 0 Å². The zero-order valence-corrected chi connectivity index (χ0v) is 12.9. The third-order valence-electron chi connectivity index (χ3n) is 3.10. The van der Waals surface area contributed by atoms with E-state index < -0.39 is 23.8 Å². The number of aryl methyl sites for hydroxylation is 1. The van der Waals surface area contributed by atoms with Gasteiger partial charge in [-0.3, -0.25) is 0 Å². The molecular formula is C17H15F3O4. The van der Waals surface area contributed by atoms with Crippen LogP contribution < -0.4 is 9.47 Å². The Morgan fingerprint density at radius 1 is 1.04 bits per heavy atom. The van der Waals surface area contributed by atoms with Gasteiger partial charge in [-0.05, 0) is 55.8 Å². The van der Waals surface area contributed by atoms with E-state index in [9.17, 15) is 18.0 Å². The highest BCUT2D eigenvalue weighted by Crippen LogP contribution is 2.32. The fraction of sp³-hybridized carbons (Fsp3) is 0.235. The van der Waals surface area contributed by atoms with Crippen molar-refractivity contribution in [1.82, 2.24) is 0 Å². The van der Waals surface area contributed by atoms with E-state index in [2.05, 4.69) is 0 Å². The van der Waals surface area contributed by atoms with Crippen molar-refractivity contribution in [3.8, 4) is 17.2 Å². The Labute approximate surface area is 136 Å². The van der Waals surface area contributed by atoms with Gasteiger partial charge in [0.15, 0.2) is 6.10 Å². The molecule has 7 heteroatoms. The van der Waals surface area contributed by atoms with Gasteiger partial charge in [0.2, 0.25) is 0 Å². The number of ether oxygens (including phenoxy) is 2. The van der Waals surface area contributed by atoms with Gasteiger partial charge in [0.1, 0.15) is 17.2 Å². The van der Waals surface area contributed by atoms with Gasteiger partial charge in [0.25, 0.3) is 0 Å². The monoisotopic (exact) mass is 340 g/mol. The summed E-state index contributed by atoms with van der Waals surface area (Å²) in [6.45, 7) is 3.15. The molecule has 0 aromatic heterocycles. The Morgan fingerprint density at radius 3 is 2.17 bits per heavy atom. The summed E-state index contributed by atoms with van der Waals surface area (Å²) in [5, 5.41) is 8.86. The number of hydrogen-bond acceptors (Lipinski definition) is 3. The van der Waals surface area contributed by atoms with Gasteiger partial charge in [-0.25, -0.2) is 4.79 Å². The van der Waals surface area contributed by atoms with Crippen LogP contribution in [-0.4, -0.2) is 17.2 Å². The second-order valence-electron chi connectivity index (χ2n) is 5.20. The molecule has 2 aromatic carbocycles. The Morgan fingerprint density at radius 2 is 1.62 bits per heavy atom. The van der Waals surface area contributed by atoms with Crippen LogP contribution in [0.2, 0.25) is 0 Å². The first-order valence-electron chi connectivity index (χ1n) is 7.01. The first-order valence-corrected chi connectivity index (χ1v) is 7.01. The van der Waals surface area contributed by atoms with Crippen LogP contribution >= 0.6 is 0 Å². The first kappa shape index (κ1) is 17.7. The summed E-state index contributed by atoms with van der Waals surface area (Å²) in [5.41, 5.74) is -0.00889. The predicted molar refractivity (Wildman–Crippen MR) is 80.4 cm³/mol. The van der Waals surface area contributed by atoms with Gasteiger partial charge in [0, 0.05) is 6.07 Å². The van der Waals surface area contributed by atoms with Crippen molar-refractivity contribution < 1.29 is 32.5 Å². The molecule has 0 spiro atoms. The molecule has 0 aliphatic rings. The summed E-state index contributed by atoms with van der Waals surface area (Å²) in [6.07, 6.45) is -5.44. The minimum Gasteiger partial charge on any atom is -0.479 e. The average molecular weight is 340 g/mol. The number of rotatable bonds is 5. The molecule has 0 radical (unpaired) electrons. The van der Waals surface area contributed by atoms with Crippen LogP contribution in [0.25, 0.3) is 0 Å². The molecule has 128 valence electrons. The molecule has 0 fully saturated rings. The largest absolute Gasteiger partial charge is 0.479 e. The minimum absolute atomic E-state index is 0.228. The summed E-state index contributed by atoms with van der Waals surface area (Å²) in [4.78, 5) is 10.8. The third kappa shape index (κ3) is 4.65. The predicted octanol–water partition coefficient (Wildman–Crippen LogP) is 4.66. The molecule has 0 bridgehead atoms. The number of carbonyl (C=O) groups is 1. The van der Waals surface area contributed by atoms with E-state index in [4.69, 9.17) is 14.6 Å². The summed E-state index contributed by atoms with van der Waals surface area (Å²) >= 11 is 0. The fourth-order valence-electron chi connectivity index (χ4n) is 1.94. The fourth-order valence-corrected chi connectivity index (χ4v) is 1.94. The summed E-state index contributed by atoms with van der Waals surface area (Å²) in [7, 11) is 0. The van der Waals surface area contributed by atoms with Crippen molar-refractivity contribution in [3.05, 3.63) is 53.6 Å². The lowest BCUT2D eigenvalue weighted by atomic mass is 10.2. The molecule has 0 saturated carbocycles. The second-order valence-corrected chi connectivity index (χ2v) is 5.20. The number of carboxylic acid groups (broad SMARTS) is 1. The van der Waals surface area contributed by atoms with Gasteiger partial charge in [-0.1, -0.05) is 0 Å². The van der Waals surface area contributed by atoms with Crippen LogP contribution in [0.4, 0.5) is 13.2 Å². The zero-order valence-electron chi connectivity index (χ0n) is 12.9. The summed E-state index contributed by atoms with van der Waals surface area (Å²) in [6, 6.07) is 9.06. The van der Waals surface area contributed by atoms with Crippen molar-refractivity contribution in [2.75, 3.05) is 0 Å². The number of benzene rings is 2. The van der Waals surface area contributed by atoms with Crippen molar-refractivity contribution in [2.45, 2.75) is 26.1 Å². The molecule has 0 heterocycles. The molecule has 1 N–H and O–H groups in total. The van der Waals surface area contributed by atoms with Gasteiger partial charge < -0.3 is 14.6 Å². The number of carboxylic acids is 1. The van der Waals surface area contributed by atoms with Gasteiger partial charge >= 0.3 is 12.1 Å². The van der Waals surface area contributed by atoms with E-state index in [0.717, 1.165) is 17.7 Å². The first-order chi connectivity index (χ1) is 11.1. The second kappa shape index (κ2) is 6.82. The van der Waals surface area contributed by atoms with Crippen molar-refractivity contribution in [2.24, 2.45) is 0 Å². The lowest BCUT2D eigenvalue weighted by Crippen LogP contribution is -2.22. The minimum atomic E-state index is -4.41. The lowest BCUT2D eigenvalue weighted by Gasteiger charge is -2.13. The van der Waals surface area contributed by atoms with Crippen molar-refractivity contribution >= 4 is 5.97 Å². The Balaban J connectivity index is 2.17. The van der Waals surface area contributed by atoms with E-state index in [1.54, 1.807) is 19.1 Å². The highest BCUT2D eigenvalue weighted by Gasteiger charge is 2.30. The van der Waals surface area contributed by atoms with E-state index in [1.165, 1.54) is 25.1 Å². The molecule has 0 aliphatic heterocycles. The normalized spacial score (nSPS) is 12.5. The average Bonchev–Trinajstić information content (AvgIpc) is 2.46. The molecule has 0 aliphatic carbocycles. The molecule has 4 nitrogen and oxygen atoms in total. The van der Waals surface area contributed by atoms with E-state index in [0.29, 0.717) is 11.5 Å². The van der Waals surface area contributed by atoms with Crippen LogP contribution in [0.3, 0.4) is 0 Å². The summed E-state index contributed by atoms with van der Waals surface area (Å²) < 4.78 is 48.4. The summed E-state index contributed by atoms with van der Waals surface area (Å²) in [5.74, 6) is -0.248. The van der Waals surface area contributed by atoms with Gasteiger partial charge in [-0.15, -0.1) is 0 Å². The number of halogens is 3. The van der Waals surface area contributed by atoms with Crippen LogP contribution in [-0.2, 0) is 11.0 Å². The van der Waals surface area contributed by atoms with Crippen molar-refractivity contribution in [1.29, 1.82) is 0 Å². The molecule has 24 heavy (non-hydrogen) atoms. The van der Waals surface area contributed by atoms with Crippen LogP contribution in [0.5, 0.6) is 17.2 Å². The SMILES string of the molecule is Cc1cc(Oc2ccc(C(F)(F)F)cc2)cc(OC(C)C(=O)O)c1. The molecule has 2 aromatic rings. The molecule has 2 rings (SSSR count). The van der Waals surface area contributed by atoms with Gasteiger partial charge in [0.05, 0.1) is 5.56 Å². The Kier molecular flexibility index (Phi) is 5.02. The van der Waals surface area contributed by atoms with E-state index in [-0.39, 0.29) is 5.75 Å². The number of alkyl halides is 3. The maximum atomic E-state index is 12.5. The Hall–Kier alpha value is -2.70. The number of aliphatic carboxylic acids is 1. The van der Waals surface area contributed by atoms with E-state index >= 15 is 0 Å². The highest BCUT2D eigenvalue weighted by molar-refractivity contribution is 5.72. The molecule has 1 atom stereocenters. The topological polar surface area (TPSA) is 55.8 Å². The third-order valence-corrected chi connectivity index (χ3v) is 3.10. The molecule has 0 amide bonds. The quantitative estimate of drug-likeness (QED) is 0.860. The smallest absolute Gasteiger partial charge is 0.416 e. The zero-order chi connectivity index (χ0) is 17.9. The molecule has 0 saturated heterocycles. The van der Waals surface area contributed by atoms with Crippen LogP contribution in [0.15, 0.2) is 42.5 Å². The van der Waals surface area contributed by atoms with Crippen molar-refractivity contribution in [3.63, 3.8) is 0 Å². The highest BCUT2D eigenvalue weighted by atomic mass is 19.4. The molecule has 1 unspecified atom stereocenters.